The van der Waals surface area contributed by atoms with Gasteiger partial charge in [0, 0.05) is 38.8 Å². The molecule has 0 amide bonds. The van der Waals surface area contributed by atoms with E-state index in [1.807, 2.05) is 0 Å². The standard InChI is InChI=1S/C19H31N3.ClH/c1-2-19-16-21(14-18-9-6-10-20-13-18)11-12-22(19)15-17-7-4-3-5-8-17;/h3-5,7-8,18-20H,2,6,9-16H2,1H3;1H. The van der Waals surface area contributed by atoms with E-state index in [1.54, 1.807) is 0 Å². The molecule has 3 nitrogen and oxygen atoms in total. The molecular weight excluding hydrogens is 306 g/mol. The number of halogens is 1. The SMILES string of the molecule is CCC1CN(CC2CCCNC2)CCN1Cc1ccccc1.Cl. The second-order valence-corrected chi connectivity index (χ2v) is 6.99. The Balaban J connectivity index is 0.00000192. The van der Waals surface area contributed by atoms with Gasteiger partial charge in [-0.25, -0.2) is 0 Å². The first-order valence-electron chi connectivity index (χ1n) is 9.06. The van der Waals surface area contributed by atoms with Crippen LogP contribution in [0, 0.1) is 5.92 Å². The zero-order valence-electron chi connectivity index (χ0n) is 14.4. The molecule has 2 aliphatic rings. The fourth-order valence-electron chi connectivity index (χ4n) is 3.98. The third-order valence-electron chi connectivity index (χ3n) is 5.30. The van der Waals surface area contributed by atoms with Crippen molar-refractivity contribution >= 4 is 12.4 Å². The van der Waals surface area contributed by atoms with Gasteiger partial charge in [-0.05, 0) is 43.8 Å². The van der Waals surface area contributed by atoms with Crippen molar-refractivity contribution in [1.82, 2.24) is 15.1 Å². The van der Waals surface area contributed by atoms with E-state index in [0.717, 1.165) is 12.5 Å². The van der Waals surface area contributed by atoms with Gasteiger partial charge in [0.2, 0.25) is 0 Å². The van der Waals surface area contributed by atoms with E-state index >= 15 is 0 Å². The van der Waals surface area contributed by atoms with Crippen LogP contribution in [0.4, 0.5) is 0 Å². The normalized spacial score (nSPS) is 26.7. The molecule has 0 bridgehead atoms. The lowest BCUT2D eigenvalue weighted by Crippen LogP contribution is -2.54. The van der Waals surface area contributed by atoms with Crippen LogP contribution >= 0.6 is 12.4 Å². The van der Waals surface area contributed by atoms with Gasteiger partial charge in [0.25, 0.3) is 0 Å². The first kappa shape index (κ1) is 18.7. The molecule has 2 unspecified atom stereocenters. The molecule has 3 rings (SSSR count). The zero-order valence-corrected chi connectivity index (χ0v) is 15.2. The summed E-state index contributed by atoms with van der Waals surface area (Å²) < 4.78 is 0. The van der Waals surface area contributed by atoms with Crippen LogP contribution in [0.25, 0.3) is 0 Å². The number of piperazine rings is 1. The van der Waals surface area contributed by atoms with Gasteiger partial charge >= 0.3 is 0 Å². The van der Waals surface area contributed by atoms with Gasteiger partial charge in [-0.3, -0.25) is 4.90 Å². The average Bonchev–Trinajstić information content (AvgIpc) is 2.58. The summed E-state index contributed by atoms with van der Waals surface area (Å²) in [5, 5.41) is 3.55. The van der Waals surface area contributed by atoms with Crippen LogP contribution in [0.5, 0.6) is 0 Å². The minimum absolute atomic E-state index is 0. The summed E-state index contributed by atoms with van der Waals surface area (Å²) in [5.74, 6) is 0.868. The molecule has 0 spiro atoms. The number of nitrogens with one attached hydrogen (secondary N) is 1. The van der Waals surface area contributed by atoms with Gasteiger partial charge in [-0.15, -0.1) is 12.4 Å². The van der Waals surface area contributed by atoms with Gasteiger partial charge in [-0.1, -0.05) is 37.3 Å². The second kappa shape index (κ2) is 9.63. The molecule has 1 N–H and O–H groups in total. The molecule has 2 atom stereocenters. The van der Waals surface area contributed by atoms with Gasteiger partial charge in [0.05, 0.1) is 0 Å². The fraction of sp³-hybridized carbons (Fsp3) is 0.684. The van der Waals surface area contributed by atoms with Crippen molar-refractivity contribution in [3.63, 3.8) is 0 Å². The Morgan fingerprint density at radius 2 is 2.00 bits per heavy atom. The number of nitrogens with zero attached hydrogens (tertiary/aromatic N) is 2. The van der Waals surface area contributed by atoms with Crippen LogP contribution in [0.1, 0.15) is 31.7 Å². The number of benzene rings is 1. The van der Waals surface area contributed by atoms with Gasteiger partial charge in [0.1, 0.15) is 0 Å². The molecule has 2 aliphatic heterocycles. The summed E-state index contributed by atoms with van der Waals surface area (Å²) in [4.78, 5) is 5.40. The Morgan fingerprint density at radius 3 is 2.70 bits per heavy atom. The van der Waals surface area contributed by atoms with Crippen LogP contribution < -0.4 is 5.32 Å². The summed E-state index contributed by atoms with van der Waals surface area (Å²) in [6, 6.07) is 11.6. The molecule has 0 aliphatic carbocycles. The third kappa shape index (κ3) is 5.46. The minimum Gasteiger partial charge on any atom is -0.316 e. The molecule has 4 heteroatoms. The van der Waals surface area contributed by atoms with Crippen molar-refractivity contribution in [1.29, 1.82) is 0 Å². The molecule has 0 aromatic heterocycles. The van der Waals surface area contributed by atoms with E-state index in [-0.39, 0.29) is 12.4 Å². The van der Waals surface area contributed by atoms with Crippen LogP contribution in [0.2, 0.25) is 0 Å². The minimum atomic E-state index is 0. The Kier molecular flexibility index (Phi) is 7.84. The summed E-state index contributed by atoms with van der Waals surface area (Å²) in [6.45, 7) is 10.9. The topological polar surface area (TPSA) is 18.5 Å². The van der Waals surface area contributed by atoms with E-state index in [4.69, 9.17) is 0 Å². The predicted octanol–water partition coefficient (Wildman–Crippen LogP) is 3.00. The summed E-state index contributed by atoms with van der Waals surface area (Å²) in [5.41, 5.74) is 1.45. The van der Waals surface area contributed by atoms with Gasteiger partial charge in [-0.2, -0.15) is 0 Å². The van der Waals surface area contributed by atoms with Crippen molar-refractivity contribution in [3.8, 4) is 0 Å². The molecule has 2 heterocycles. The van der Waals surface area contributed by atoms with Crippen molar-refractivity contribution in [2.24, 2.45) is 5.92 Å². The van der Waals surface area contributed by atoms with E-state index in [9.17, 15) is 0 Å². The van der Waals surface area contributed by atoms with Crippen LogP contribution in [0.15, 0.2) is 30.3 Å². The fourth-order valence-corrected chi connectivity index (χ4v) is 3.98. The Labute approximate surface area is 147 Å². The maximum atomic E-state index is 3.55. The van der Waals surface area contributed by atoms with E-state index in [2.05, 4.69) is 52.4 Å². The monoisotopic (exact) mass is 337 g/mol. The molecule has 2 saturated heterocycles. The number of hydrogen-bond acceptors (Lipinski definition) is 3. The zero-order chi connectivity index (χ0) is 15.2. The van der Waals surface area contributed by atoms with Gasteiger partial charge in [0.15, 0.2) is 0 Å². The summed E-state index contributed by atoms with van der Waals surface area (Å²) >= 11 is 0. The molecule has 2 fully saturated rings. The summed E-state index contributed by atoms with van der Waals surface area (Å²) in [7, 11) is 0. The molecule has 130 valence electrons. The number of piperidine rings is 1. The molecular formula is C19H32ClN3. The molecule has 23 heavy (non-hydrogen) atoms. The van der Waals surface area contributed by atoms with Gasteiger partial charge < -0.3 is 10.2 Å². The molecule has 1 aromatic carbocycles. The highest BCUT2D eigenvalue weighted by molar-refractivity contribution is 5.85. The maximum Gasteiger partial charge on any atom is 0.0237 e. The molecule has 1 aromatic rings. The second-order valence-electron chi connectivity index (χ2n) is 6.99. The van der Waals surface area contributed by atoms with Crippen LogP contribution in [-0.4, -0.2) is 55.1 Å². The van der Waals surface area contributed by atoms with Crippen LogP contribution in [-0.2, 0) is 6.54 Å². The van der Waals surface area contributed by atoms with Crippen molar-refractivity contribution < 1.29 is 0 Å². The van der Waals surface area contributed by atoms with Crippen molar-refractivity contribution in [2.45, 2.75) is 38.8 Å². The summed E-state index contributed by atoms with van der Waals surface area (Å²) in [6.07, 6.45) is 4.02. The quantitative estimate of drug-likeness (QED) is 0.891. The number of hydrogen-bond donors (Lipinski definition) is 1. The van der Waals surface area contributed by atoms with Crippen LogP contribution in [0.3, 0.4) is 0 Å². The highest BCUT2D eigenvalue weighted by Crippen LogP contribution is 2.19. The van der Waals surface area contributed by atoms with E-state index < -0.39 is 0 Å². The largest absolute Gasteiger partial charge is 0.316 e. The first-order valence-corrected chi connectivity index (χ1v) is 9.06. The average molecular weight is 338 g/mol. The lowest BCUT2D eigenvalue weighted by atomic mass is 9.98. The van der Waals surface area contributed by atoms with E-state index in [0.29, 0.717) is 6.04 Å². The maximum absolute atomic E-state index is 3.55. The third-order valence-corrected chi connectivity index (χ3v) is 5.30. The predicted molar refractivity (Wildman–Crippen MR) is 100 cm³/mol. The lowest BCUT2D eigenvalue weighted by Gasteiger charge is -2.42. The highest BCUT2D eigenvalue weighted by atomic mass is 35.5. The molecule has 0 saturated carbocycles. The van der Waals surface area contributed by atoms with E-state index in [1.165, 1.54) is 64.1 Å². The number of rotatable bonds is 5. The Bertz CT molecular complexity index is 434. The lowest BCUT2D eigenvalue weighted by molar-refractivity contribution is 0.0546. The smallest absolute Gasteiger partial charge is 0.0237 e. The molecule has 0 radical (unpaired) electrons. The first-order chi connectivity index (χ1) is 10.8. The van der Waals surface area contributed by atoms with Crippen molar-refractivity contribution in [3.05, 3.63) is 35.9 Å². The van der Waals surface area contributed by atoms with Crippen molar-refractivity contribution in [2.75, 3.05) is 39.3 Å². The Hall–Kier alpha value is -0.610. The highest BCUT2D eigenvalue weighted by Gasteiger charge is 2.27. The Morgan fingerprint density at radius 1 is 1.17 bits per heavy atom.